The van der Waals surface area contributed by atoms with Crippen LogP contribution in [-0.4, -0.2) is 23.5 Å². The first-order valence-electron chi connectivity index (χ1n) is 6.33. The summed E-state index contributed by atoms with van der Waals surface area (Å²) >= 11 is 0. The van der Waals surface area contributed by atoms with Crippen molar-refractivity contribution in [1.29, 1.82) is 0 Å². The minimum absolute atomic E-state index is 0.0206. The van der Waals surface area contributed by atoms with Gasteiger partial charge in [0.1, 0.15) is 0 Å². The Morgan fingerprint density at radius 2 is 2.26 bits per heavy atom. The fraction of sp³-hybridized carbons (Fsp3) is 0.429. The number of methoxy groups -OCH3 is 1. The Morgan fingerprint density at radius 1 is 1.47 bits per heavy atom. The number of Topliss-reactive ketones (excluding diaryl/α,β-unsaturated/α-hetero) is 1. The van der Waals surface area contributed by atoms with Gasteiger partial charge in [-0.1, -0.05) is 0 Å². The van der Waals surface area contributed by atoms with Crippen LogP contribution in [0.4, 0.5) is 0 Å². The number of rotatable bonds is 4. The molecule has 0 amide bonds. The number of carbonyl (C=O) groups is 1. The monoisotopic (exact) mass is 261 g/mol. The van der Waals surface area contributed by atoms with Crippen molar-refractivity contribution in [3.05, 3.63) is 34.3 Å². The van der Waals surface area contributed by atoms with Crippen LogP contribution in [0.5, 0.6) is 0 Å². The van der Waals surface area contributed by atoms with E-state index in [0.717, 1.165) is 19.3 Å². The van der Waals surface area contributed by atoms with Crippen molar-refractivity contribution >= 4 is 16.9 Å². The van der Waals surface area contributed by atoms with Gasteiger partial charge in [-0.3, -0.25) is 9.78 Å². The number of benzene rings is 1. The van der Waals surface area contributed by atoms with Crippen molar-refractivity contribution in [1.82, 2.24) is 4.98 Å². The van der Waals surface area contributed by atoms with E-state index in [4.69, 9.17) is 9.15 Å². The summed E-state index contributed by atoms with van der Waals surface area (Å²) in [4.78, 5) is 25.9. The molecule has 19 heavy (non-hydrogen) atoms. The molecular formula is C14H15NO4. The average Bonchev–Trinajstić information content (AvgIpc) is 2.72. The van der Waals surface area contributed by atoms with Crippen molar-refractivity contribution in [2.24, 2.45) is 0 Å². The van der Waals surface area contributed by atoms with Crippen LogP contribution in [0.1, 0.15) is 36.0 Å². The molecule has 1 fully saturated rings. The molecule has 1 aromatic carbocycles. The van der Waals surface area contributed by atoms with Crippen LogP contribution >= 0.6 is 0 Å². The molecule has 1 aromatic heterocycles. The molecule has 0 aliphatic heterocycles. The Hall–Kier alpha value is -1.88. The number of fused-ring (bicyclic) bond motifs is 1. The summed E-state index contributed by atoms with van der Waals surface area (Å²) in [5.41, 5.74) is 1.28. The molecule has 1 aliphatic rings. The van der Waals surface area contributed by atoms with Gasteiger partial charge < -0.3 is 9.15 Å². The van der Waals surface area contributed by atoms with Crippen LogP contribution in [0.15, 0.2) is 27.4 Å². The summed E-state index contributed by atoms with van der Waals surface area (Å²) in [5.74, 6) is -0.487. The third-order valence-corrected chi connectivity index (χ3v) is 3.92. The van der Waals surface area contributed by atoms with Crippen molar-refractivity contribution in [2.45, 2.75) is 31.3 Å². The topological polar surface area (TPSA) is 72.3 Å². The summed E-state index contributed by atoms with van der Waals surface area (Å²) in [5, 5.41) is 0. The Morgan fingerprint density at radius 3 is 2.89 bits per heavy atom. The number of nitrogens with one attached hydrogen (secondary N) is 1. The molecule has 100 valence electrons. The van der Waals surface area contributed by atoms with Gasteiger partial charge in [0.2, 0.25) is 0 Å². The number of H-pyrrole nitrogens is 1. The van der Waals surface area contributed by atoms with Crippen molar-refractivity contribution in [3.63, 3.8) is 0 Å². The average molecular weight is 261 g/mol. The molecule has 5 heteroatoms. The van der Waals surface area contributed by atoms with Crippen molar-refractivity contribution in [2.75, 3.05) is 7.11 Å². The minimum atomic E-state index is -0.507. The number of aromatic nitrogens is 1. The molecule has 1 heterocycles. The first-order chi connectivity index (χ1) is 9.12. The predicted molar refractivity (Wildman–Crippen MR) is 69.4 cm³/mol. The number of ketones is 1. The molecule has 0 unspecified atom stereocenters. The highest BCUT2D eigenvalue weighted by atomic mass is 16.5. The maximum Gasteiger partial charge on any atom is 0.417 e. The summed E-state index contributed by atoms with van der Waals surface area (Å²) in [6, 6.07) is 5.00. The molecule has 2 aromatic rings. The first kappa shape index (κ1) is 12.2. The SMILES string of the molecule is COC1(CC(=O)c2ccc3[nH]c(=O)oc3c2)CCC1. The quantitative estimate of drug-likeness (QED) is 0.857. The summed E-state index contributed by atoms with van der Waals surface area (Å²) in [7, 11) is 1.65. The highest BCUT2D eigenvalue weighted by Gasteiger charge is 2.39. The van der Waals surface area contributed by atoms with E-state index >= 15 is 0 Å². The number of ether oxygens (including phenoxy) is 1. The zero-order chi connectivity index (χ0) is 13.5. The lowest BCUT2D eigenvalue weighted by Crippen LogP contribution is -2.41. The van der Waals surface area contributed by atoms with Crippen LogP contribution in [0, 0.1) is 0 Å². The third-order valence-electron chi connectivity index (χ3n) is 3.92. The van der Waals surface area contributed by atoms with E-state index in [1.807, 2.05) is 0 Å². The number of hydrogen-bond acceptors (Lipinski definition) is 4. The molecular weight excluding hydrogens is 246 g/mol. The number of hydrogen-bond donors (Lipinski definition) is 1. The van der Waals surface area contributed by atoms with Gasteiger partial charge in [-0.25, -0.2) is 4.79 Å². The van der Waals surface area contributed by atoms with Gasteiger partial charge in [0, 0.05) is 19.1 Å². The van der Waals surface area contributed by atoms with Gasteiger partial charge in [-0.15, -0.1) is 0 Å². The van der Waals surface area contributed by atoms with Crippen LogP contribution in [-0.2, 0) is 4.74 Å². The van der Waals surface area contributed by atoms with Crippen molar-refractivity contribution in [3.8, 4) is 0 Å². The molecule has 0 atom stereocenters. The Kier molecular flexibility index (Phi) is 2.78. The Balaban J connectivity index is 1.86. The summed E-state index contributed by atoms with van der Waals surface area (Å²) in [6.07, 6.45) is 3.34. The lowest BCUT2D eigenvalue weighted by Gasteiger charge is -2.40. The molecule has 1 aliphatic carbocycles. The van der Waals surface area contributed by atoms with Gasteiger partial charge in [0.15, 0.2) is 11.4 Å². The second-order valence-electron chi connectivity index (χ2n) is 5.07. The summed E-state index contributed by atoms with van der Waals surface area (Å²) < 4.78 is 10.4. The van der Waals surface area contributed by atoms with E-state index in [1.165, 1.54) is 0 Å². The molecule has 0 radical (unpaired) electrons. The van der Waals surface area contributed by atoms with E-state index in [2.05, 4.69) is 4.98 Å². The van der Waals surface area contributed by atoms with Crippen LogP contribution < -0.4 is 5.76 Å². The smallest absolute Gasteiger partial charge is 0.408 e. The maximum atomic E-state index is 12.3. The largest absolute Gasteiger partial charge is 0.417 e. The van der Waals surface area contributed by atoms with E-state index in [0.29, 0.717) is 23.1 Å². The molecule has 3 rings (SSSR count). The number of carbonyl (C=O) groups excluding carboxylic acids is 1. The number of aromatic amines is 1. The highest BCUT2D eigenvalue weighted by Crippen LogP contribution is 2.38. The highest BCUT2D eigenvalue weighted by molar-refractivity contribution is 5.99. The van der Waals surface area contributed by atoms with Crippen LogP contribution in [0.2, 0.25) is 0 Å². The molecule has 1 saturated carbocycles. The van der Waals surface area contributed by atoms with E-state index in [-0.39, 0.29) is 11.4 Å². The minimum Gasteiger partial charge on any atom is -0.408 e. The zero-order valence-corrected chi connectivity index (χ0v) is 10.7. The standard InChI is InChI=1S/C14H15NO4/c1-18-14(5-2-6-14)8-11(16)9-3-4-10-12(7-9)19-13(17)15-10/h3-4,7H,2,5-6,8H2,1H3,(H,15,17). The van der Waals surface area contributed by atoms with Gasteiger partial charge in [-0.05, 0) is 37.5 Å². The molecule has 0 saturated heterocycles. The van der Waals surface area contributed by atoms with Gasteiger partial charge in [0.05, 0.1) is 11.1 Å². The molecule has 5 nitrogen and oxygen atoms in total. The summed E-state index contributed by atoms with van der Waals surface area (Å²) in [6.45, 7) is 0. The Bertz CT molecular complexity index is 673. The third kappa shape index (κ3) is 2.10. The fourth-order valence-electron chi connectivity index (χ4n) is 2.54. The number of oxazole rings is 1. The van der Waals surface area contributed by atoms with Gasteiger partial charge in [0.25, 0.3) is 0 Å². The van der Waals surface area contributed by atoms with Gasteiger partial charge in [-0.2, -0.15) is 0 Å². The molecule has 1 N–H and O–H groups in total. The lowest BCUT2D eigenvalue weighted by atomic mass is 9.76. The predicted octanol–water partition coefficient (Wildman–Crippen LogP) is 2.26. The first-order valence-corrected chi connectivity index (χ1v) is 6.33. The fourth-order valence-corrected chi connectivity index (χ4v) is 2.54. The van der Waals surface area contributed by atoms with E-state index in [9.17, 15) is 9.59 Å². The molecule has 0 spiro atoms. The zero-order valence-electron chi connectivity index (χ0n) is 10.7. The van der Waals surface area contributed by atoms with Gasteiger partial charge >= 0.3 is 5.76 Å². The second kappa shape index (κ2) is 4.35. The van der Waals surface area contributed by atoms with E-state index in [1.54, 1.807) is 25.3 Å². The van der Waals surface area contributed by atoms with Crippen LogP contribution in [0.3, 0.4) is 0 Å². The van der Waals surface area contributed by atoms with Crippen LogP contribution in [0.25, 0.3) is 11.1 Å². The Labute approximate surface area is 109 Å². The second-order valence-corrected chi connectivity index (χ2v) is 5.07. The lowest BCUT2D eigenvalue weighted by molar-refractivity contribution is -0.0704. The van der Waals surface area contributed by atoms with E-state index < -0.39 is 5.76 Å². The maximum absolute atomic E-state index is 12.3. The van der Waals surface area contributed by atoms with Crippen molar-refractivity contribution < 1.29 is 13.9 Å². The molecule has 0 bridgehead atoms. The normalized spacial score (nSPS) is 17.3.